The van der Waals surface area contributed by atoms with Gasteiger partial charge in [0.05, 0.1) is 17.3 Å². The van der Waals surface area contributed by atoms with Gasteiger partial charge in [-0.05, 0) is 63.0 Å². The van der Waals surface area contributed by atoms with Crippen molar-refractivity contribution in [1.29, 1.82) is 0 Å². The second-order valence-electron chi connectivity index (χ2n) is 10.5. The summed E-state index contributed by atoms with van der Waals surface area (Å²) in [7, 11) is 1.75. The summed E-state index contributed by atoms with van der Waals surface area (Å²) in [6, 6.07) is 5.52. The number of pyridine rings is 2. The Balaban J connectivity index is 1.36. The van der Waals surface area contributed by atoms with Crippen LogP contribution in [0.4, 0.5) is 11.5 Å². The maximum atomic E-state index is 6.57. The number of nitrogens with one attached hydrogen (secondary N) is 3. The number of anilines is 2. The van der Waals surface area contributed by atoms with Crippen molar-refractivity contribution < 1.29 is 9.47 Å². The van der Waals surface area contributed by atoms with Gasteiger partial charge < -0.3 is 25.4 Å². The van der Waals surface area contributed by atoms with E-state index in [2.05, 4.69) is 45.8 Å². The highest BCUT2D eigenvalue weighted by Crippen LogP contribution is 2.33. The summed E-state index contributed by atoms with van der Waals surface area (Å²) in [5.74, 6) is 0.863. The van der Waals surface area contributed by atoms with Gasteiger partial charge in [-0.2, -0.15) is 0 Å². The Labute approximate surface area is 214 Å². The summed E-state index contributed by atoms with van der Waals surface area (Å²) < 4.78 is 10.8. The Morgan fingerprint density at radius 3 is 2.60 bits per heavy atom. The van der Waals surface area contributed by atoms with Crippen LogP contribution in [0.1, 0.15) is 52.4 Å². The minimum Gasteiger partial charge on any atom is -0.383 e. The summed E-state index contributed by atoms with van der Waals surface area (Å²) in [5.41, 5.74) is 3.19. The topological polar surface area (TPSA) is 80.3 Å². The Morgan fingerprint density at radius 2 is 1.86 bits per heavy atom. The smallest absolute Gasteiger partial charge is 0.126 e. The zero-order valence-electron chi connectivity index (χ0n) is 21.3. The second kappa shape index (κ2) is 12.3. The lowest BCUT2D eigenvalue weighted by Crippen LogP contribution is -2.42. The van der Waals surface area contributed by atoms with Crippen LogP contribution in [0.3, 0.4) is 0 Å². The van der Waals surface area contributed by atoms with Gasteiger partial charge in [0.2, 0.25) is 0 Å². The first-order valence-electron chi connectivity index (χ1n) is 12.9. The molecule has 1 saturated carbocycles. The number of methoxy groups -OCH3 is 1. The summed E-state index contributed by atoms with van der Waals surface area (Å²) in [6.45, 7) is 7.82. The number of hydrogen-bond acceptors (Lipinski definition) is 7. The normalized spacial score (nSPS) is 23.0. The average Bonchev–Trinajstić information content (AvgIpc) is 2.86. The maximum absolute atomic E-state index is 6.57. The highest BCUT2D eigenvalue weighted by Gasteiger charge is 2.27. The first-order chi connectivity index (χ1) is 16.9. The monoisotopic (exact) mass is 501 g/mol. The van der Waals surface area contributed by atoms with Crippen molar-refractivity contribution in [2.24, 2.45) is 5.41 Å². The van der Waals surface area contributed by atoms with Crippen LogP contribution in [0, 0.1) is 5.41 Å². The van der Waals surface area contributed by atoms with Gasteiger partial charge >= 0.3 is 0 Å². The fraction of sp³-hybridized carbons (Fsp3) is 0.630. The van der Waals surface area contributed by atoms with Gasteiger partial charge in [-0.1, -0.05) is 18.5 Å². The summed E-state index contributed by atoms with van der Waals surface area (Å²) in [5, 5.41) is 11.5. The predicted molar refractivity (Wildman–Crippen MR) is 143 cm³/mol. The van der Waals surface area contributed by atoms with E-state index in [1.54, 1.807) is 13.3 Å². The van der Waals surface area contributed by atoms with Crippen LogP contribution < -0.4 is 16.0 Å². The first-order valence-corrected chi connectivity index (χ1v) is 13.3. The SMILES string of the molecule is COCC(C)NC1CCC(Nc2cc(-c3cncc(NCC4(C)CCOCC4)c3)c(Cl)cn2)CC1. The molecular weight excluding hydrogens is 462 g/mol. The van der Waals surface area contributed by atoms with Gasteiger partial charge in [-0.15, -0.1) is 0 Å². The Hall–Kier alpha value is -1.93. The lowest BCUT2D eigenvalue weighted by Gasteiger charge is -2.33. The Morgan fingerprint density at radius 1 is 1.11 bits per heavy atom. The second-order valence-corrected chi connectivity index (χ2v) is 10.9. The molecule has 1 unspecified atom stereocenters. The van der Waals surface area contributed by atoms with Crippen LogP contribution in [-0.4, -0.2) is 61.6 Å². The third kappa shape index (κ3) is 7.53. The van der Waals surface area contributed by atoms with E-state index in [9.17, 15) is 0 Å². The van der Waals surface area contributed by atoms with Crippen LogP contribution in [0.25, 0.3) is 11.1 Å². The van der Waals surface area contributed by atoms with Gasteiger partial charge in [-0.25, -0.2) is 4.98 Å². The highest BCUT2D eigenvalue weighted by atomic mass is 35.5. The molecule has 1 saturated heterocycles. The number of halogens is 1. The quantitative estimate of drug-likeness (QED) is 0.403. The molecule has 2 aliphatic rings. The molecular formula is C27H40ClN5O2. The fourth-order valence-electron chi connectivity index (χ4n) is 5.09. The van der Waals surface area contributed by atoms with E-state index in [1.807, 2.05) is 18.5 Å². The zero-order chi connectivity index (χ0) is 24.7. The van der Waals surface area contributed by atoms with E-state index in [-0.39, 0.29) is 5.41 Å². The van der Waals surface area contributed by atoms with Crippen molar-refractivity contribution in [2.75, 3.05) is 44.1 Å². The van der Waals surface area contributed by atoms with Crippen LogP contribution in [-0.2, 0) is 9.47 Å². The van der Waals surface area contributed by atoms with E-state index in [4.69, 9.17) is 21.1 Å². The molecule has 0 spiro atoms. The molecule has 35 heavy (non-hydrogen) atoms. The Kier molecular flexibility index (Phi) is 9.22. The standard InChI is InChI=1S/C27H40ClN5O2/c1-19(17-34-3)32-21-4-6-22(7-5-21)33-26-13-24(25(28)16-30-26)20-12-23(15-29-14-20)31-18-27(2)8-10-35-11-9-27/h12-16,19,21-22,31-32H,4-11,17-18H2,1-3H3,(H,30,33). The molecule has 2 fully saturated rings. The molecule has 2 aromatic rings. The number of aromatic nitrogens is 2. The molecule has 192 valence electrons. The largest absolute Gasteiger partial charge is 0.383 e. The zero-order valence-corrected chi connectivity index (χ0v) is 22.0. The van der Waals surface area contributed by atoms with Crippen LogP contribution >= 0.6 is 11.6 Å². The van der Waals surface area contributed by atoms with E-state index in [0.717, 1.165) is 87.5 Å². The lowest BCUT2D eigenvalue weighted by molar-refractivity contribution is 0.0300. The molecule has 0 radical (unpaired) electrons. The predicted octanol–water partition coefficient (Wildman–Crippen LogP) is 5.37. The summed E-state index contributed by atoms with van der Waals surface area (Å²) in [4.78, 5) is 9.03. The molecule has 0 bridgehead atoms. The summed E-state index contributed by atoms with van der Waals surface area (Å²) in [6.07, 6.45) is 12.1. The van der Waals surface area contributed by atoms with E-state index >= 15 is 0 Å². The molecule has 0 aromatic carbocycles. The lowest BCUT2D eigenvalue weighted by atomic mass is 9.82. The number of ether oxygens (including phenoxy) is 2. The van der Waals surface area contributed by atoms with Crippen LogP contribution in [0.2, 0.25) is 5.02 Å². The van der Waals surface area contributed by atoms with Crippen molar-refractivity contribution in [2.45, 2.75) is 70.5 Å². The highest BCUT2D eigenvalue weighted by molar-refractivity contribution is 6.33. The molecule has 0 amide bonds. The number of rotatable bonds is 10. The van der Waals surface area contributed by atoms with Gasteiger partial charge in [0.1, 0.15) is 5.82 Å². The van der Waals surface area contributed by atoms with Gasteiger partial charge in [0.25, 0.3) is 0 Å². The van der Waals surface area contributed by atoms with Crippen molar-refractivity contribution in [1.82, 2.24) is 15.3 Å². The van der Waals surface area contributed by atoms with Gasteiger partial charge in [0.15, 0.2) is 0 Å². The van der Waals surface area contributed by atoms with Crippen LogP contribution in [0.5, 0.6) is 0 Å². The third-order valence-electron chi connectivity index (χ3n) is 7.34. The molecule has 8 heteroatoms. The van der Waals surface area contributed by atoms with Crippen molar-refractivity contribution >= 4 is 23.1 Å². The molecule has 7 nitrogen and oxygen atoms in total. The third-order valence-corrected chi connectivity index (χ3v) is 7.64. The molecule has 2 aromatic heterocycles. The Bertz CT molecular complexity index is 945. The van der Waals surface area contributed by atoms with Gasteiger partial charge in [0, 0.05) is 74.7 Å². The molecule has 4 rings (SSSR count). The van der Waals surface area contributed by atoms with E-state index < -0.39 is 0 Å². The van der Waals surface area contributed by atoms with Gasteiger partial charge in [-0.3, -0.25) is 4.98 Å². The minimum atomic E-state index is 0.246. The van der Waals surface area contributed by atoms with Crippen LogP contribution in [0.15, 0.2) is 30.7 Å². The minimum absolute atomic E-state index is 0.246. The molecule has 3 N–H and O–H groups in total. The van der Waals surface area contributed by atoms with Crippen molar-refractivity contribution in [3.63, 3.8) is 0 Å². The molecule has 1 aliphatic heterocycles. The van der Waals surface area contributed by atoms with Crippen molar-refractivity contribution in [3.8, 4) is 11.1 Å². The van der Waals surface area contributed by atoms with E-state index in [1.165, 1.54) is 0 Å². The first kappa shape index (κ1) is 26.1. The maximum Gasteiger partial charge on any atom is 0.126 e. The summed E-state index contributed by atoms with van der Waals surface area (Å²) >= 11 is 6.57. The molecule has 1 aliphatic carbocycles. The number of nitrogens with zero attached hydrogens (tertiary/aromatic N) is 2. The van der Waals surface area contributed by atoms with E-state index in [0.29, 0.717) is 23.1 Å². The molecule has 1 atom stereocenters. The molecule has 3 heterocycles. The van der Waals surface area contributed by atoms with Crippen molar-refractivity contribution in [3.05, 3.63) is 35.7 Å². The number of hydrogen-bond donors (Lipinski definition) is 3. The fourth-order valence-corrected chi connectivity index (χ4v) is 5.31. The average molecular weight is 502 g/mol.